The van der Waals surface area contributed by atoms with Gasteiger partial charge in [0, 0.05) is 10.6 Å². The summed E-state index contributed by atoms with van der Waals surface area (Å²) in [4.78, 5) is 13.4. The first-order chi connectivity index (χ1) is 16.1. The lowest BCUT2D eigenvalue weighted by molar-refractivity contribution is -0.167. The van der Waals surface area contributed by atoms with Crippen molar-refractivity contribution in [3.8, 4) is 5.75 Å². The third kappa shape index (κ3) is 5.18. The van der Waals surface area contributed by atoms with Gasteiger partial charge in [0.1, 0.15) is 5.75 Å². The molecule has 3 aromatic carbocycles. The predicted molar refractivity (Wildman–Crippen MR) is 138 cm³/mol. The Labute approximate surface area is 219 Å². The monoisotopic (exact) mass is 536 g/mol. The Morgan fingerprint density at radius 1 is 0.912 bits per heavy atom. The lowest BCUT2D eigenvalue weighted by Gasteiger charge is -2.27. The molecule has 0 amide bonds. The van der Waals surface area contributed by atoms with Crippen molar-refractivity contribution < 1.29 is 14.3 Å². The molecule has 3 nitrogen and oxygen atoms in total. The van der Waals surface area contributed by atoms with E-state index in [4.69, 9.17) is 55.9 Å². The highest BCUT2D eigenvalue weighted by molar-refractivity contribution is 6.52. The van der Waals surface area contributed by atoms with Crippen LogP contribution in [0, 0.1) is 17.3 Å². The smallest absolute Gasteiger partial charge is 0.313 e. The summed E-state index contributed by atoms with van der Waals surface area (Å²) in [6.07, 6.45) is -0.907. The van der Waals surface area contributed by atoms with E-state index >= 15 is 0 Å². The lowest BCUT2D eigenvalue weighted by Crippen LogP contribution is -2.28. The third-order valence-electron chi connectivity index (χ3n) is 6.34. The summed E-state index contributed by atoms with van der Waals surface area (Å²) < 4.78 is 10.5. The molecule has 34 heavy (non-hydrogen) atoms. The fourth-order valence-corrected chi connectivity index (χ4v) is 5.55. The van der Waals surface area contributed by atoms with Crippen LogP contribution in [0.25, 0.3) is 0 Å². The summed E-state index contributed by atoms with van der Waals surface area (Å²) >= 11 is 26.2. The summed E-state index contributed by atoms with van der Waals surface area (Å²) in [5.41, 5.74) is 0.880. The lowest BCUT2D eigenvalue weighted by atomic mass is 10.0. The van der Waals surface area contributed by atoms with Gasteiger partial charge in [0.05, 0.1) is 11.3 Å². The molecule has 0 heterocycles. The summed E-state index contributed by atoms with van der Waals surface area (Å²) in [5, 5.41) is -0.174. The zero-order valence-electron chi connectivity index (χ0n) is 18.6. The second-order valence-corrected chi connectivity index (χ2v) is 11.3. The van der Waals surface area contributed by atoms with E-state index in [-0.39, 0.29) is 5.92 Å². The molecule has 0 aliphatic heterocycles. The number of para-hydroxylation sites is 1. The fraction of sp³-hybridized carbons (Fsp3) is 0.296. The van der Waals surface area contributed by atoms with Gasteiger partial charge in [0.2, 0.25) is 0 Å². The van der Waals surface area contributed by atoms with Gasteiger partial charge in [-0.1, -0.05) is 109 Å². The number of hydrogen-bond acceptors (Lipinski definition) is 3. The van der Waals surface area contributed by atoms with Crippen LogP contribution in [0.1, 0.15) is 31.3 Å². The van der Waals surface area contributed by atoms with Gasteiger partial charge in [-0.05, 0) is 41.2 Å². The number of carbonyl (C=O) groups is 1. The molecule has 0 bridgehead atoms. The van der Waals surface area contributed by atoms with Gasteiger partial charge in [-0.15, -0.1) is 11.6 Å². The number of hydrogen-bond donors (Lipinski definition) is 0. The van der Waals surface area contributed by atoms with Gasteiger partial charge in [-0.3, -0.25) is 4.79 Å². The van der Waals surface area contributed by atoms with Crippen molar-refractivity contribution in [1.29, 1.82) is 0 Å². The molecule has 1 saturated carbocycles. The number of esters is 1. The second-order valence-electron chi connectivity index (χ2n) is 8.97. The zero-order valence-corrected chi connectivity index (χ0v) is 21.7. The van der Waals surface area contributed by atoms with Crippen molar-refractivity contribution in [3.63, 3.8) is 0 Å². The predicted octanol–water partition coefficient (Wildman–Crippen LogP) is 8.17. The SMILES string of the molecule is CC1(C)[C@H](C(=O)OC(Oc2ccccc2)c2ccccc2)[C@H]1C(Cl)C(Cl)(Cl)c1ccc(Cl)cc1. The first-order valence-corrected chi connectivity index (χ1v) is 12.4. The van der Waals surface area contributed by atoms with Crippen molar-refractivity contribution in [1.82, 2.24) is 0 Å². The molecule has 4 atom stereocenters. The minimum atomic E-state index is -1.41. The number of rotatable bonds is 8. The summed E-state index contributed by atoms with van der Waals surface area (Å²) in [6.45, 7) is 3.92. The van der Waals surface area contributed by atoms with E-state index in [1.54, 1.807) is 24.3 Å². The van der Waals surface area contributed by atoms with Crippen molar-refractivity contribution in [2.24, 2.45) is 17.3 Å². The zero-order chi connectivity index (χ0) is 24.5. The minimum absolute atomic E-state index is 0.305. The molecular weight excluding hydrogens is 514 g/mol. The van der Waals surface area contributed by atoms with E-state index in [0.717, 1.165) is 5.56 Å². The number of ether oxygens (including phenoxy) is 2. The quantitative estimate of drug-likeness (QED) is 0.165. The minimum Gasteiger partial charge on any atom is -0.450 e. The summed E-state index contributed by atoms with van der Waals surface area (Å²) in [6, 6.07) is 25.4. The van der Waals surface area contributed by atoms with Crippen LogP contribution >= 0.6 is 46.4 Å². The Balaban J connectivity index is 1.53. The molecule has 1 aliphatic rings. The van der Waals surface area contributed by atoms with E-state index in [1.807, 2.05) is 74.5 Å². The van der Waals surface area contributed by atoms with Crippen LogP contribution in [-0.4, -0.2) is 11.3 Å². The van der Waals surface area contributed by atoms with Crippen LogP contribution in [0.5, 0.6) is 5.75 Å². The highest BCUT2D eigenvalue weighted by atomic mass is 35.5. The van der Waals surface area contributed by atoms with Crippen molar-refractivity contribution in [2.75, 3.05) is 0 Å². The molecule has 0 spiro atoms. The Morgan fingerprint density at radius 3 is 2.06 bits per heavy atom. The molecule has 0 radical (unpaired) electrons. The van der Waals surface area contributed by atoms with Crippen LogP contribution < -0.4 is 4.74 Å². The van der Waals surface area contributed by atoms with Crippen LogP contribution in [0.4, 0.5) is 0 Å². The fourth-order valence-electron chi connectivity index (χ4n) is 4.30. The molecule has 0 aromatic heterocycles. The molecule has 1 aliphatic carbocycles. The number of halogens is 4. The first-order valence-electron chi connectivity index (χ1n) is 10.9. The van der Waals surface area contributed by atoms with E-state index in [2.05, 4.69) is 0 Å². The highest BCUT2D eigenvalue weighted by Gasteiger charge is 2.68. The van der Waals surface area contributed by atoms with Gasteiger partial charge in [-0.25, -0.2) is 0 Å². The average molecular weight is 538 g/mol. The normalized spacial score (nSPS) is 20.8. The molecule has 2 unspecified atom stereocenters. The number of alkyl halides is 3. The van der Waals surface area contributed by atoms with Crippen LogP contribution in [0.3, 0.4) is 0 Å². The van der Waals surface area contributed by atoms with Gasteiger partial charge >= 0.3 is 5.97 Å². The molecule has 0 N–H and O–H groups in total. The molecule has 1 fully saturated rings. The largest absolute Gasteiger partial charge is 0.450 e. The van der Waals surface area contributed by atoms with E-state index in [0.29, 0.717) is 16.3 Å². The Morgan fingerprint density at radius 2 is 1.47 bits per heavy atom. The molecule has 0 saturated heterocycles. The summed E-state index contributed by atoms with van der Waals surface area (Å²) in [7, 11) is 0. The first kappa shape index (κ1) is 25.2. The van der Waals surface area contributed by atoms with E-state index in [9.17, 15) is 4.79 Å². The topological polar surface area (TPSA) is 35.5 Å². The Kier molecular flexibility index (Phi) is 7.40. The number of benzene rings is 3. The van der Waals surface area contributed by atoms with Gasteiger partial charge < -0.3 is 9.47 Å². The van der Waals surface area contributed by atoms with Crippen molar-refractivity contribution >= 4 is 52.4 Å². The van der Waals surface area contributed by atoms with Crippen LogP contribution in [0.15, 0.2) is 84.9 Å². The molecule has 4 rings (SSSR count). The Bertz CT molecular complexity index is 1120. The maximum atomic E-state index is 13.4. The van der Waals surface area contributed by atoms with Crippen molar-refractivity contribution in [3.05, 3.63) is 101 Å². The summed E-state index contributed by atoms with van der Waals surface area (Å²) in [5.74, 6) is -0.620. The van der Waals surface area contributed by atoms with E-state index < -0.39 is 33.3 Å². The van der Waals surface area contributed by atoms with E-state index in [1.165, 1.54) is 0 Å². The standard InChI is InChI=1S/C27H24Cl4O3/c1-26(2)21(23(29)27(30,31)18-13-15-19(28)16-14-18)22(26)24(32)34-25(17-9-5-3-6-10-17)33-20-11-7-4-8-12-20/h3-16,21-23,25H,1-2H3/t21-,22-,23?,25?/m0/s1. The molecular formula is C27H24Cl4O3. The van der Waals surface area contributed by atoms with Gasteiger partial charge in [0.15, 0.2) is 4.33 Å². The Hall–Kier alpha value is -1.91. The second kappa shape index (κ2) is 9.99. The highest BCUT2D eigenvalue weighted by Crippen LogP contribution is 2.65. The van der Waals surface area contributed by atoms with Crippen molar-refractivity contribution in [2.45, 2.75) is 29.8 Å². The number of carbonyl (C=O) groups excluding carboxylic acids is 1. The van der Waals surface area contributed by atoms with Gasteiger partial charge in [-0.2, -0.15) is 0 Å². The molecule has 3 aromatic rings. The third-order valence-corrected chi connectivity index (χ3v) is 8.32. The maximum Gasteiger partial charge on any atom is 0.313 e. The van der Waals surface area contributed by atoms with Gasteiger partial charge in [0.25, 0.3) is 6.29 Å². The maximum absolute atomic E-state index is 13.4. The molecule has 7 heteroatoms. The van der Waals surface area contributed by atoms with Crippen LogP contribution in [-0.2, 0) is 13.9 Å². The molecule has 178 valence electrons. The average Bonchev–Trinajstić information content (AvgIpc) is 3.41. The van der Waals surface area contributed by atoms with Crippen LogP contribution in [0.2, 0.25) is 5.02 Å².